The predicted octanol–water partition coefficient (Wildman–Crippen LogP) is 6.38. The number of aromatic nitrogens is 18. The van der Waals surface area contributed by atoms with Crippen LogP contribution in [0.1, 0.15) is 74.6 Å². The van der Waals surface area contributed by atoms with Gasteiger partial charge in [0, 0.05) is 151 Å². The molecule has 0 saturated carbocycles. The summed E-state index contributed by atoms with van der Waals surface area (Å²) in [6.07, 6.45) is 35.6. The molecule has 31 heteroatoms. The van der Waals surface area contributed by atoms with E-state index in [9.17, 15) is 14.4 Å². The third kappa shape index (κ3) is 17.2. The highest BCUT2D eigenvalue weighted by Gasteiger charge is 2.30. The van der Waals surface area contributed by atoms with Crippen LogP contribution in [-0.2, 0) is 4.74 Å². The van der Waals surface area contributed by atoms with Gasteiger partial charge in [-0.1, -0.05) is 54.9 Å². The molecule has 4 aliphatic heterocycles. The van der Waals surface area contributed by atoms with Gasteiger partial charge < -0.3 is 63.8 Å². The molecule has 0 spiro atoms. The Hall–Kier alpha value is -11.0. The Bertz CT molecular complexity index is 4440. The van der Waals surface area contributed by atoms with Gasteiger partial charge in [-0.25, -0.2) is 68.8 Å². The average molecular weight is 1310 g/mol. The number of ether oxygens (including phenoxy) is 1. The monoisotopic (exact) mass is 1310 g/mol. The molecule has 0 radical (unpaired) electrons. The Labute approximate surface area is 550 Å². The molecule has 10 aromatic heterocycles. The zero-order valence-corrected chi connectivity index (χ0v) is 53.6. The summed E-state index contributed by atoms with van der Waals surface area (Å²) in [5, 5.41) is 26.3. The van der Waals surface area contributed by atoms with Gasteiger partial charge in [0.1, 0.15) is 18.3 Å². The molecular formula is C64H74ClN25O5. The van der Waals surface area contributed by atoms with E-state index >= 15 is 0 Å². The minimum Gasteiger partial charge on any atom is -0.475 e. The van der Waals surface area contributed by atoms with Gasteiger partial charge in [-0.2, -0.15) is 0 Å². The first-order valence-electron chi connectivity index (χ1n) is 31.0. The number of benzene rings is 2. The van der Waals surface area contributed by atoms with Crippen molar-refractivity contribution in [2.75, 3.05) is 67.1 Å². The fourth-order valence-corrected chi connectivity index (χ4v) is 11.0. The highest BCUT2D eigenvalue weighted by atomic mass is 35.5. The summed E-state index contributed by atoms with van der Waals surface area (Å²) in [6.45, 7) is 15.2. The maximum Gasteiger partial charge on any atom is 0.407 e. The van der Waals surface area contributed by atoms with Crippen molar-refractivity contribution in [3.8, 4) is 11.4 Å². The number of hydrogen-bond donors (Lipinski definition) is 5. The Kier molecular flexibility index (Phi) is 21.1. The summed E-state index contributed by atoms with van der Waals surface area (Å²) in [7, 11) is 0. The molecule has 12 aromatic rings. The van der Waals surface area contributed by atoms with Gasteiger partial charge in [-0.15, -0.1) is 10.2 Å². The number of anilines is 3. The van der Waals surface area contributed by atoms with E-state index in [4.69, 9.17) is 27.2 Å². The molecule has 2 aromatic carbocycles. The normalized spacial score (nSPS) is 17.3. The Morgan fingerprint density at radius 1 is 0.547 bits per heavy atom. The number of aromatic carboxylic acids is 1. The lowest BCUT2D eigenvalue weighted by Gasteiger charge is -2.22. The van der Waals surface area contributed by atoms with Gasteiger partial charge in [-0.3, -0.25) is 4.79 Å². The van der Waals surface area contributed by atoms with E-state index in [-0.39, 0.29) is 41.8 Å². The second kappa shape index (κ2) is 30.6. The highest BCUT2D eigenvalue weighted by molar-refractivity contribution is 6.32. The number of nitrogens with two attached hydrogens (primary N) is 1. The maximum absolute atomic E-state index is 12.6. The number of hydrogen-bond acceptors (Lipinski definition) is 21. The first kappa shape index (κ1) is 65.5. The number of nitrogens with one attached hydrogen (secondary N) is 3. The second-order valence-corrected chi connectivity index (χ2v) is 24.0. The number of amides is 2. The largest absolute Gasteiger partial charge is 0.475 e. The number of para-hydroxylation sites is 2. The number of carbonyl (C=O) groups is 3. The second-order valence-electron chi connectivity index (χ2n) is 23.7. The third-order valence-electron chi connectivity index (χ3n) is 15.4. The lowest BCUT2D eigenvalue weighted by molar-refractivity contribution is 0.0508. The predicted molar refractivity (Wildman–Crippen MR) is 356 cm³/mol. The molecule has 6 N–H and O–H groups in total. The van der Waals surface area contributed by atoms with Crippen LogP contribution in [0.2, 0.25) is 5.15 Å². The molecule has 492 valence electrons. The Balaban J connectivity index is 0.000000123. The number of carbonyl (C=O) groups excluding carboxylic acids is 2. The molecule has 4 fully saturated rings. The molecule has 0 unspecified atom stereocenters. The number of carboxylic acids is 1. The van der Waals surface area contributed by atoms with Crippen LogP contribution in [0.4, 0.5) is 22.2 Å². The van der Waals surface area contributed by atoms with Gasteiger partial charge in [0.2, 0.25) is 5.82 Å². The molecule has 30 nitrogen and oxygen atoms in total. The van der Waals surface area contributed by atoms with E-state index in [0.29, 0.717) is 23.9 Å². The molecule has 4 aliphatic rings. The van der Waals surface area contributed by atoms with Crippen LogP contribution in [0.5, 0.6) is 0 Å². The van der Waals surface area contributed by atoms with Crippen LogP contribution in [-0.4, -0.2) is 186 Å². The molecule has 16 rings (SSSR count). The molecule has 14 heterocycles. The molecule has 0 bridgehead atoms. The van der Waals surface area contributed by atoms with Crippen molar-refractivity contribution in [3.05, 3.63) is 189 Å². The summed E-state index contributed by atoms with van der Waals surface area (Å²) in [5.41, 5.74) is 10.3. The zero-order valence-electron chi connectivity index (χ0n) is 52.9. The van der Waals surface area contributed by atoms with Crippen LogP contribution < -0.4 is 36.4 Å². The van der Waals surface area contributed by atoms with Gasteiger partial charge in [0.05, 0.1) is 17.4 Å². The van der Waals surface area contributed by atoms with Crippen molar-refractivity contribution in [2.24, 2.45) is 11.7 Å². The van der Waals surface area contributed by atoms with Crippen molar-refractivity contribution in [1.82, 2.24) is 103 Å². The highest BCUT2D eigenvalue weighted by Crippen LogP contribution is 2.25. The van der Waals surface area contributed by atoms with Gasteiger partial charge >= 0.3 is 12.1 Å². The molecule has 95 heavy (non-hydrogen) atoms. The summed E-state index contributed by atoms with van der Waals surface area (Å²) >= 11 is 5.70. The first-order valence-corrected chi connectivity index (χ1v) is 31.4. The number of imidazole rings is 4. The number of halogens is 1. The van der Waals surface area contributed by atoms with E-state index in [0.717, 1.165) is 97.1 Å². The number of rotatable bonds is 9. The smallest absolute Gasteiger partial charge is 0.407 e. The quantitative estimate of drug-likeness (QED) is 0.105. The van der Waals surface area contributed by atoms with Crippen LogP contribution in [0.3, 0.4) is 0 Å². The minimum absolute atomic E-state index is 0.00759. The molecule has 2 amide bonds. The van der Waals surface area contributed by atoms with Gasteiger partial charge in [-0.05, 0) is 89.7 Å². The van der Waals surface area contributed by atoms with Crippen molar-refractivity contribution in [1.29, 1.82) is 0 Å². The SMILES string of the molecule is CC(C)(C)OC(=O)N[C@H]1CCN(c2nccn3ccnc23)C1.C[C@H]1CCNC1.Clc1nccn2ccnc12.N[C@H]1CCN(c2nccn3ccnc23)C1.O=C(N[C@H]1CCN(c2nccn3ccnc23)C1)c1ncn(-c2ccccc2)n1.O=C(O)c1ncn(-c2ccccc2)n1. The van der Waals surface area contributed by atoms with Crippen molar-refractivity contribution in [2.45, 2.75) is 77.1 Å². The van der Waals surface area contributed by atoms with E-state index in [1.807, 2.05) is 142 Å². The molecule has 4 atom stereocenters. The fraction of sp³-hybridized carbons (Fsp3) is 0.328. The van der Waals surface area contributed by atoms with E-state index in [2.05, 4.69) is 97.6 Å². The van der Waals surface area contributed by atoms with E-state index in [1.165, 1.54) is 30.5 Å². The Morgan fingerprint density at radius 3 is 1.38 bits per heavy atom. The first-order chi connectivity index (χ1) is 46.1. The number of carboxylic acid groups (broad SMARTS) is 1. The summed E-state index contributed by atoms with van der Waals surface area (Å²) in [6, 6.07) is 19.1. The standard InChI is InChI=1S/C19H18N8O.C15H21N5O2.C10H13N5.C9H7N3O2.C6H4ClN3.C5H11N/c28-19(16-22-13-27(24-16)15-4-2-1-3-5-15)23-14-6-9-26(12-14)18-17-20-7-10-25(17)11-8-21-18;1-15(2,3)22-14(21)18-11-4-7-20(10-11)13-12-16-5-8-19(12)9-6-17-13;11-8-1-4-15(7-8)10-9-12-2-5-14(9)6-3-13-10;13-9(14)8-10-6-12(11-8)7-4-2-1-3-5-7;7-5-6-9-2-4-10(6)3-1-8-5;1-5-2-3-6-4-5/h1-5,7-8,10-11,13-14H,6,9,12H2,(H,23,28);5-6,8-9,11H,4,7,10H2,1-3H3,(H,18,21);2-3,5-6,8H,1,4,7,11H2;1-6H,(H,13,14);1-4H;5-6H,2-4H2,1H3/t14-;11-;8-;;;5-/m000..0/s1. The van der Waals surface area contributed by atoms with Gasteiger partial charge in [0.25, 0.3) is 11.7 Å². The number of nitrogens with zero attached hydrogens (tertiary/aromatic N) is 21. The topological polar surface area (TPSA) is 335 Å². The average Bonchev–Trinajstić information content (AvgIpc) is 1.73. The zero-order chi connectivity index (χ0) is 66.3. The fourth-order valence-electron chi connectivity index (χ4n) is 10.8. The lowest BCUT2D eigenvalue weighted by Crippen LogP contribution is -2.40. The third-order valence-corrected chi connectivity index (χ3v) is 15.7. The minimum atomic E-state index is -1.13. The van der Waals surface area contributed by atoms with Crippen molar-refractivity contribution >= 4 is 69.6 Å². The summed E-state index contributed by atoms with van der Waals surface area (Å²) in [5.74, 6) is 2.12. The van der Waals surface area contributed by atoms with Crippen LogP contribution in [0, 0.1) is 5.92 Å². The van der Waals surface area contributed by atoms with Crippen LogP contribution >= 0.6 is 11.6 Å². The summed E-state index contributed by atoms with van der Waals surface area (Å²) in [4.78, 5) is 83.4. The van der Waals surface area contributed by atoms with E-state index in [1.54, 1.807) is 66.8 Å². The van der Waals surface area contributed by atoms with Crippen molar-refractivity contribution < 1.29 is 24.2 Å². The Morgan fingerprint density at radius 2 is 0.968 bits per heavy atom. The summed E-state index contributed by atoms with van der Waals surface area (Å²) < 4.78 is 16.0. The molecule has 0 aliphatic carbocycles. The van der Waals surface area contributed by atoms with Crippen LogP contribution in [0.25, 0.3) is 34.0 Å². The number of alkyl carbamates (subject to hydrolysis) is 1. The maximum atomic E-state index is 12.6. The molecular weight excluding hydrogens is 1230 g/mol. The number of fused-ring (bicyclic) bond motifs is 4. The lowest BCUT2D eigenvalue weighted by atomic mass is 10.2. The van der Waals surface area contributed by atoms with Crippen LogP contribution in [0.15, 0.2) is 172 Å². The van der Waals surface area contributed by atoms with Gasteiger partial charge in [0.15, 0.2) is 45.2 Å². The molecule has 4 saturated heterocycles. The van der Waals surface area contributed by atoms with E-state index < -0.39 is 11.6 Å². The van der Waals surface area contributed by atoms with Crippen molar-refractivity contribution in [3.63, 3.8) is 0 Å².